The van der Waals surface area contributed by atoms with Gasteiger partial charge in [-0.1, -0.05) is 18.2 Å². The summed E-state index contributed by atoms with van der Waals surface area (Å²) in [6.45, 7) is 1.83. The van der Waals surface area contributed by atoms with Gasteiger partial charge >= 0.3 is 0 Å². The number of nitriles is 1. The third-order valence-corrected chi connectivity index (χ3v) is 2.88. The highest BCUT2D eigenvalue weighted by Crippen LogP contribution is 2.28. The summed E-state index contributed by atoms with van der Waals surface area (Å²) in [5.41, 5.74) is 1.78. The molecular formula is C15H13FN2O. The fourth-order valence-electron chi connectivity index (χ4n) is 1.90. The highest BCUT2D eigenvalue weighted by Gasteiger charge is 2.12. The van der Waals surface area contributed by atoms with Crippen LogP contribution in [0.4, 0.5) is 10.1 Å². The Labute approximate surface area is 110 Å². The zero-order valence-corrected chi connectivity index (χ0v) is 10.4. The third kappa shape index (κ3) is 2.83. The number of benzene rings is 2. The number of phenols is 1. The van der Waals surface area contributed by atoms with Crippen LogP contribution in [0, 0.1) is 17.1 Å². The van der Waals surface area contributed by atoms with Crippen molar-refractivity contribution in [2.45, 2.75) is 13.0 Å². The quantitative estimate of drug-likeness (QED) is 0.882. The maximum Gasteiger partial charge on any atom is 0.126 e. The summed E-state index contributed by atoms with van der Waals surface area (Å²) in [5, 5.41) is 21.9. The molecule has 0 saturated carbocycles. The number of phenolic OH excluding ortho intramolecular Hbond substituents is 1. The lowest BCUT2D eigenvalue weighted by Crippen LogP contribution is -2.08. The number of aromatic hydroxyl groups is 1. The lowest BCUT2D eigenvalue weighted by atomic mass is 10.1. The van der Waals surface area contributed by atoms with Crippen molar-refractivity contribution in [3.63, 3.8) is 0 Å². The molecule has 0 aliphatic heterocycles. The monoisotopic (exact) mass is 256 g/mol. The number of hydrogen-bond donors (Lipinski definition) is 2. The molecule has 0 amide bonds. The van der Waals surface area contributed by atoms with Gasteiger partial charge < -0.3 is 10.4 Å². The van der Waals surface area contributed by atoms with Gasteiger partial charge in [-0.3, -0.25) is 0 Å². The molecule has 0 spiro atoms. The summed E-state index contributed by atoms with van der Waals surface area (Å²) < 4.78 is 12.9. The van der Waals surface area contributed by atoms with Crippen LogP contribution < -0.4 is 5.32 Å². The molecule has 0 aliphatic rings. The highest BCUT2D eigenvalue weighted by molar-refractivity contribution is 5.58. The SMILES string of the molecule is CC(Nc1ccccc1C#N)c1ccc(F)cc1O. The van der Waals surface area contributed by atoms with Gasteiger partial charge in [0.05, 0.1) is 17.3 Å². The molecule has 0 radical (unpaired) electrons. The molecule has 0 aromatic heterocycles. The van der Waals surface area contributed by atoms with E-state index in [1.165, 1.54) is 12.1 Å². The van der Waals surface area contributed by atoms with Gasteiger partial charge in [-0.15, -0.1) is 0 Å². The summed E-state index contributed by atoms with van der Waals surface area (Å²) in [5.74, 6) is -0.583. The Morgan fingerprint density at radius 3 is 2.68 bits per heavy atom. The summed E-state index contributed by atoms with van der Waals surface area (Å²) >= 11 is 0. The van der Waals surface area contributed by atoms with Crippen molar-refractivity contribution < 1.29 is 9.50 Å². The van der Waals surface area contributed by atoms with E-state index in [1.54, 1.807) is 18.2 Å². The van der Waals surface area contributed by atoms with Crippen LogP contribution in [0.5, 0.6) is 5.75 Å². The van der Waals surface area contributed by atoms with Crippen molar-refractivity contribution in [3.8, 4) is 11.8 Å². The van der Waals surface area contributed by atoms with E-state index >= 15 is 0 Å². The zero-order valence-electron chi connectivity index (χ0n) is 10.4. The number of halogens is 1. The van der Waals surface area contributed by atoms with Gasteiger partial charge in [-0.05, 0) is 25.1 Å². The van der Waals surface area contributed by atoms with Crippen LogP contribution in [0.25, 0.3) is 0 Å². The van der Waals surface area contributed by atoms with Crippen molar-refractivity contribution >= 4 is 5.69 Å². The molecule has 2 aromatic carbocycles. The Balaban J connectivity index is 2.26. The smallest absolute Gasteiger partial charge is 0.126 e. The number of anilines is 1. The Morgan fingerprint density at radius 2 is 2.00 bits per heavy atom. The van der Waals surface area contributed by atoms with Gasteiger partial charge in [0.25, 0.3) is 0 Å². The molecule has 1 atom stereocenters. The first kappa shape index (κ1) is 12.9. The summed E-state index contributed by atoms with van der Waals surface area (Å²) in [6, 6.07) is 12.8. The first-order chi connectivity index (χ1) is 9.11. The van der Waals surface area contributed by atoms with E-state index in [4.69, 9.17) is 5.26 Å². The van der Waals surface area contributed by atoms with Crippen molar-refractivity contribution in [2.24, 2.45) is 0 Å². The molecule has 19 heavy (non-hydrogen) atoms. The van der Waals surface area contributed by atoms with E-state index in [-0.39, 0.29) is 11.8 Å². The van der Waals surface area contributed by atoms with Gasteiger partial charge in [0, 0.05) is 11.6 Å². The van der Waals surface area contributed by atoms with E-state index in [1.807, 2.05) is 13.0 Å². The molecule has 0 aliphatic carbocycles. The van der Waals surface area contributed by atoms with E-state index in [9.17, 15) is 9.50 Å². The normalized spacial score (nSPS) is 11.6. The van der Waals surface area contributed by atoms with E-state index < -0.39 is 5.82 Å². The van der Waals surface area contributed by atoms with Crippen LogP contribution in [0.1, 0.15) is 24.1 Å². The van der Waals surface area contributed by atoms with Crippen LogP contribution in [-0.4, -0.2) is 5.11 Å². The molecule has 2 rings (SSSR count). The average Bonchev–Trinajstić information content (AvgIpc) is 2.39. The van der Waals surface area contributed by atoms with Crippen molar-refractivity contribution in [2.75, 3.05) is 5.32 Å². The Morgan fingerprint density at radius 1 is 1.26 bits per heavy atom. The summed E-state index contributed by atoms with van der Waals surface area (Å²) in [6.07, 6.45) is 0. The molecule has 96 valence electrons. The Hall–Kier alpha value is -2.54. The average molecular weight is 256 g/mol. The third-order valence-electron chi connectivity index (χ3n) is 2.88. The topological polar surface area (TPSA) is 56.0 Å². The maximum atomic E-state index is 12.9. The molecule has 0 fully saturated rings. The second-order valence-electron chi connectivity index (χ2n) is 4.23. The minimum atomic E-state index is -0.481. The molecule has 3 nitrogen and oxygen atoms in total. The number of rotatable bonds is 3. The minimum absolute atomic E-state index is 0.102. The molecule has 0 saturated heterocycles. The number of nitrogens with zero attached hydrogens (tertiary/aromatic N) is 1. The Bertz CT molecular complexity index is 634. The van der Waals surface area contributed by atoms with Gasteiger partial charge in [-0.25, -0.2) is 4.39 Å². The standard InChI is InChI=1S/C15H13FN2O/c1-10(13-7-6-12(16)8-15(13)19)18-14-5-3-2-4-11(14)9-17/h2-8,10,18-19H,1H3. The largest absolute Gasteiger partial charge is 0.507 e. The first-order valence-electron chi connectivity index (χ1n) is 5.86. The molecule has 2 aromatic rings. The molecule has 0 heterocycles. The van der Waals surface area contributed by atoms with Gasteiger partial charge in [-0.2, -0.15) is 5.26 Å². The predicted octanol–water partition coefficient (Wildman–Crippen LogP) is 3.58. The second-order valence-corrected chi connectivity index (χ2v) is 4.23. The van der Waals surface area contributed by atoms with Gasteiger partial charge in [0.2, 0.25) is 0 Å². The maximum absolute atomic E-state index is 12.9. The van der Waals surface area contributed by atoms with Gasteiger partial charge in [0.1, 0.15) is 17.6 Å². The fourth-order valence-corrected chi connectivity index (χ4v) is 1.90. The van der Waals surface area contributed by atoms with Gasteiger partial charge in [0.15, 0.2) is 0 Å². The number of nitrogens with one attached hydrogen (secondary N) is 1. The second kappa shape index (κ2) is 5.40. The predicted molar refractivity (Wildman–Crippen MR) is 71.3 cm³/mol. The lowest BCUT2D eigenvalue weighted by molar-refractivity contribution is 0.459. The van der Waals surface area contributed by atoms with Crippen LogP contribution in [0.15, 0.2) is 42.5 Å². The molecule has 1 unspecified atom stereocenters. The zero-order chi connectivity index (χ0) is 13.8. The van der Waals surface area contributed by atoms with E-state index in [2.05, 4.69) is 11.4 Å². The first-order valence-corrected chi connectivity index (χ1v) is 5.86. The van der Waals surface area contributed by atoms with E-state index in [0.29, 0.717) is 16.8 Å². The van der Waals surface area contributed by atoms with Crippen molar-refractivity contribution in [3.05, 3.63) is 59.4 Å². The van der Waals surface area contributed by atoms with Crippen LogP contribution in [0.3, 0.4) is 0 Å². The highest BCUT2D eigenvalue weighted by atomic mass is 19.1. The van der Waals surface area contributed by atoms with Crippen LogP contribution in [0.2, 0.25) is 0 Å². The summed E-state index contributed by atoms with van der Waals surface area (Å²) in [7, 11) is 0. The lowest BCUT2D eigenvalue weighted by Gasteiger charge is -2.17. The molecular weight excluding hydrogens is 243 g/mol. The Kier molecular flexibility index (Phi) is 3.67. The van der Waals surface area contributed by atoms with Crippen LogP contribution >= 0.6 is 0 Å². The van der Waals surface area contributed by atoms with Crippen LogP contribution in [-0.2, 0) is 0 Å². The molecule has 4 heteroatoms. The summed E-state index contributed by atoms with van der Waals surface area (Å²) in [4.78, 5) is 0. The van der Waals surface area contributed by atoms with Crippen molar-refractivity contribution in [1.82, 2.24) is 0 Å². The number of para-hydroxylation sites is 1. The van der Waals surface area contributed by atoms with E-state index in [0.717, 1.165) is 6.07 Å². The fraction of sp³-hybridized carbons (Fsp3) is 0.133. The minimum Gasteiger partial charge on any atom is -0.507 e. The van der Waals surface area contributed by atoms with Crippen molar-refractivity contribution in [1.29, 1.82) is 5.26 Å². The number of hydrogen-bond acceptors (Lipinski definition) is 3. The molecule has 0 bridgehead atoms. The molecule has 2 N–H and O–H groups in total.